The van der Waals surface area contributed by atoms with Crippen molar-refractivity contribution < 1.29 is 9.47 Å². The van der Waals surface area contributed by atoms with E-state index < -0.39 is 0 Å². The molecule has 0 aliphatic rings. The smallest absolute Gasteiger partial charge is 0.305 e. The molecule has 0 spiro atoms. The predicted octanol–water partition coefficient (Wildman–Crippen LogP) is 1.05. The van der Waals surface area contributed by atoms with Crippen LogP contribution in [0.15, 0.2) is 12.3 Å². The quantitative estimate of drug-likeness (QED) is 0.715. The molecule has 14 heavy (non-hydrogen) atoms. The van der Waals surface area contributed by atoms with Gasteiger partial charge in [0, 0.05) is 6.07 Å². The summed E-state index contributed by atoms with van der Waals surface area (Å²) >= 11 is 0. The lowest BCUT2D eigenvalue weighted by molar-refractivity contribution is 0.348. The molecule has 0 bridgehead atoms. The first-order chi connectivity index (χ1) is 6.76. The maximum Gasteiger partial charge on any atom is 0.305 e. The maximum atomic E-state index is 5.14. The van der Waals surface area contributed by atoms with Crippen molar-refractivity contribution in [3.8, 4) is 11.9 Å². The van der Waals surface area contributed by atoms with Gasteiger partial charge < -0.3 is 9.47 Å². The van der Waals surface area contributed by atoms with Crippen molar-refractivity contribution in [3.05, 3.63) is 18.1 Å². The Morgan fingerprint density at radius 3 is 2.71 bits per heavy atom. The largest absolute Gasteiger partial charge is 0.481 e. The number of methoxy groups -OCH3 is 2. The van der Waals surface area contributed by atoms with Crippen LogP contribution in [0.2, 0.25) is 0 Å². The van der Waals surface area contributed by atoms with Crippen LogP contribution in [0, 0.1) is 6.92 Å². The second-order valence-corrected chi connectivity index (χ2v) is 2.85. The number of fused-ring (bicyclic) bond motifs is 1. The molecule has 0 unspecified atom stereocenters. The summed E-state index contributed by atoms with van der Waals surface area (Å²) in [7, 11) is 3.14. The lowest BCUT2D eigenvalue weighted by Crippen LogP contribution is -2.00. The lowest BCUT2D eigenvalue weighted by Gasteiger charge is -2.06. The molecule has 74 valence electrons. The van der Waals surface area contributed by atoms with E-state index in [0.29, 0.717) is 11.9 Å². The fourth-order valence-corrected chi connectivity index (χ4v) is 1.36. The van der Waals surface area contributed by atoms with E-state index in [9.17, 15) is 0 Å². The normalized spacial score (nSPS) is 10.5. The van der Waals surface area contributed by atoms with Crippen molar-refractivity contribution in [1.29, 1.82) is 0 Å². The zero-order valence-electron chi connectivity index (χ0n) is 8.31. The van der Waals surface area contributed by atoms with Crippen molar-refractivity contribution in [1.82, 2.24) is 14.4 Å². The van der Waals surface area contributed by atoms with Crippen LogP contribution in [0.5, 0.6) is 11.9 Å². The van der Waals surface area contributed by atoms with Gasteiger partial charge in [0.05, 0.1) is 25.9 Å². The highest BCUT2D eigenvalue weighted by atomic mass is 16.5. The third kappa shape index (κ3) is 1.17. The highest BCUT2D eigenvalue weighted by Gasteiger charge is 2.08. The van der Waals surface area contributed by atoms with E-state index in [0.717, 1.165) is 11.3 Å². The van der Waals surface area contributed by atoms with Crippen LogP contribution in [0.25, 0.3) is 5.52 Å². The number of nitrogens with zero attached hydrogens (tertiary/aromatic N) is 3. The third-order valence-corrected chi connectivity index (χ3v) is 2.03. The summed E-state index contributed by atoms with van der Waals surface area (Å²) < 4.78 is 12.0. The lowest BCUT2D eigenvalue weighted by atomic mass is 10.5. The van der Waals surface area contributed by atoms with Gasteiger partial charge in [-0.15, -0.1) is 0 Å². The summed E-state index contributed by atoms with van der Waals surface area (Å²) in [5.74, 6) is 1.36. The van der Waals surface area contributed by atoms with Crippen molar-refractivity contribution in [2.75, 3.05) is 14.2 Å². The Labute approximate surface area is 81.3 Å². The second-order valence-electron chi connectivity index (χ2n) is 2.85. The van der Waals surface area contributed by atoms with Gasteiger partial charge in [-0.1, -0.05) is 0 Å². The van der Waals surface area contributed by atoms with Gasteiger partial charge in [-0.05, 0) is 6.92 Å². The van der Waals surface area contributed by atoms with Crippen LogP contribution in [-0.2, 0) is 0 Å². The van der Waals surface area contributed by atoms with Gasteiger partial charge in [-0.3, -0.25) is 4.40 Å². The number of imidazole rings is 1. The topological polar surface area (TPSA) is 48.7 Å². The first-order valence-electron chi connectivity index (χ1n) is 4.19. The molecule has 0 fully saturated rings. The van der Waals surface area contributed by atoms with E-state index in [1.807, 2.05) is 17.4 Å². The Kier molecular flexibility index (Phi) is 1.99. The molecule has 5 heteroatoms. The average molecular weight is 193 g/mol. The zero-order valence-corrected chi connectivity index (χ0v) is 8.31. The summed E-state index contributed by atoms with van der Waals surface area (Å²) in [4.78, 5) is 8.32. The van der Waals surface area contributed by atoms with Crippen molar-refractivity contribution in [3.63, 3.8) is 0 Å². The van der Waals surface area contributed by atoms with Gasteiger partial charge in [-0.2, -0.15) is 4.98 Å². The standard InChI is InChI=1S/C9H11N3O2/c1-6-10-5-7-4-8(13-2)11-9(14-3)12(6)7/h4-5H,1-3H3. The average Bonchev–Trinajstić information content (AvgIpc) is 2.59. The molecule has 2 aromatic rings. The molecule has 0 aromatic carbocycles. The fraction of sp³-hybridized carbons (Fsp3) is 0.333. The van der Waals surface area contributed by atoms with Gasteiger partial charge in [0.25, 0.3) is 0 Å². The van der Waals surface area contributed by atoms with Gasteiger partial charge in [0.15, 0.2) is 0 Å². The summed E-state index contributed by atoms with van der Waals surface area (Å²) in [5.41, 5.74) is 0.909. The number of hydrogen-bond donors (Lipinski definition) is 0. The highest BCUT2D eigenvalue weighted by molar-refractivity contribution is 5.50. The molecule has 2 aromatic heterocycles. The monoisotopic (exact) mass is 193 g/mol. The summed E-state index contributed by atoms with van der Waals surface area (Å²) in [5, 5.41) is 0. The third-order valence-electron chi connectivity index (χ3n) is 2.03. The first-order valence-corrected chi connectivity index (χ1v) is 4.19. The van der Waals surface area contributed by atoms with Crippen molar-refractivity contribution >= 4 is 5.52 Å². The highest BCUT2D eigenvalue weighted by Crippen LogP contribution is 2.19. The zero-order chi connectivity index (χ0) is 10.1. The Balaban J connectivity index is 2.76. The summed E-state index contributed by atoms with van der Waals surface area (Å²) in [6.45, 7) is 1.89. The maximum absolute atomic E-state index is 5.14. The predicted molar refractivity (Wildman–Crippen MR) is 50.8 cm³/mol. The molecule has 5 nitrogen and oxygen atoms in total. The number of rotatable bonds is 2. The minimum absolute atomic E-state index is 0.481. The molecule has 0 aliphatic heterocycles. The van der Waals surface area contributed by atoms with Crippen LogP contribution in [0.3, 0.4) is 0 Å². The van der Waals surface area contributed by atoms with E-state index in [1.165, 1.54) is 0 Å². The van der Waals surface area contributed by atoms with Gasteiger partial charge in [-0.25, -0.2) is 4.98 Å². The van der Waals surface area contributed by atoms with Crippen molar-refractivity contribution in [2.45, 2.75) is 6.92 Å². The van der Waals surface area contributed by atoms with Gasteiger partial charge in [0.2, 0.25) is 5.88 Å². The number of ether oxygens (including phenoxy) is 2. The molecular weight excluding hydrogens is 182 g/mol. The van der Waals surface area contributed by atoms with Crippen LogP contribution in [0.4, 0.5) is 0 Å². The fourth-order valence-electron chi connectivity index (χ4n) is 1.36. The molecule has 0 amide bonds. The summed E-state index contributed by atoms with van der Waals surface area (Å²) in [6.07, 6.45) is 1.75. The minimum Gasteiger partial charge on any atom is -0.481 e. The Hall–Kier alpha value is -1.78. The minimum atomic E-state index is 0.481. The van der Waals surface area contributed by atoms with Crippen molar-refractivity contribution in [2.24, 2.45) is 0 Å². The number of hydrogen-bond acceptors (Lipinski definition) is 4. The molecule has 0 atom stereocenters. The molecule has 2 rings (SSSR count). The molecule has 0 saturated heterocycles. The van der Waals surface area contributed by atoms with Gasteiger partial charge in [0.1, 0.15) is 5.82 Å². The first kappa shape index (κ1) is 8.80. The molecular formula is C9H11N3O2. The molecule has 0 N–H and O–H groups in total. The Morgan fingerprint density at radius 2 is 2.07 bits per heavy atom. The van der Waals surface area contributed by atoms with E-state index >= 15 is 0 Å². The van der Waals surface area contributed by atoms with E-state index in [2.05, 4.69) is 9.97 Å². The Morgan fingerprint density at radius 1 is 1.29 bits per heavy atom. The van der Waals surface area contributed by atoms with Crippen LogP contribution < -0.4 is 9.47 Å². The van der Waals surface area contributed by atoms with Crippen LogP contribution in [0.1, 0.15) is 5.82 Å². The Bertz CT molecular complexity index is 464. The van der Waals surface area contributed by atoms with E-state index in [-0.39, 0.29) is 0 Å². The summed E-state index contributed by atoms with van der Waals surface area (Å²) in [6, 6.07) is 2.29. The SMILES string of the molecule is COc1cc2cnc(C)n2c(OC)n1. The van der Waals surface area contributed by atoms with Gasteiger partial charge >= 0.3 is 6.01 Å². The number of aromatic nitrogens is 3. The molecule has 0 saturated carbocycles. The van der Waals surface area contributed by atoms with E-state index in [4.69, 9.17) is 9.47 Å². The van der Waals surface area contributed by atoms with Crippen LogP contribution >= 0.6 is 0 Å². The number of aryl methyl sites for hydroxylation is 1. The molecule has 2 heterocycles. The van der Waals surface area contributed by atoms with Crippen LogP contribution in [-0.4, -0.2) is 28.6 Å². The molecule has 0 aliphatic carbocycles. The molecule has 0 radical (unpaired) electrons. The second kappa shape index (κ2) is 3.17. The van der Waals surface area contributed by atoms with E-state index in [1.54, 1.807) is 20.4 Å².